The highest BCUT2D eigenvalue weighted by molar-refractivity contribution is 5.81. The van der Waals surface area contributed by atoms with Crippen LogP contribution in [0.25, 0.3) is 0 Å². The van der Waals surface area contributed by atoms with E-state index in [4.69, 9.17) is 10.5 Å². The molecule has 0 spiro atoms. The molecule has 0 saturated carbocycles. The van der Waals surface area contributed by atoms with E-state index >= 15 is 0 Å². The van der Waals surface area contributed by atoms with Crippen molar-refractivity contribution < 1.29 is 9.53 Å². The van der Waals surface area contributed by atoms with Gasteiger partial charge < -0.3 is 15.8 Å². The molecule has 0 bridgehead atoms. The van der Waals surface area contributed by atoms with Crippen LogP contribution >= 0.6 is 0 Å². The predicted octanol–water partition coefficient (Wildman–Crippen LogP) is 0.339. The van der Waals surface area contributed by atoms with E-state index in [0.717, 1.165) is 25.9 Å². The molecule has 1 fully saturated rings. The molecule has 1 amide bonds. The van der Waals surface area contributed by atoms with Gasteiger partial charge in [0.1, 0.15) is 6.10 Å². The van der Waals surface area contributed by atoms with Crippen molar-refractivity contribution in [1.29, 1.82) is 0 Å². The summed E-state index contributed by atoms with van der Waals surface area (Å²) in [6, 6.07) is 0.510. The van der Waals surface area contributed by atoms with Gasteiger partial charge >= 0.3 is 0 Å². The third kappa shape index (κ3) is 4.55. The minimum Gasteiger partial charge on any atom is -0.364 e. The van der Waals surface area contributed by atoms with Crippen LogP contribution in [0.3, 0.4) is 0 Å². The minimum absolute atomic E-state index is 0.00533. The zero-order valence-electron chi connectivity index (χ0n) is 11.8. The Morgan fingerprint density at radius 2 is 2.22 bits per heavy atom. The third-order valence-electron chi connectivity index (χ3n) is 3.50. The summed E-state index contributed by atoms with van der Waals surface area (Å²) in [4.78, 5) is 14.2. The molecule has 106 valence electrons. The highest BCUT2D eigenvalue weighted by Gasteiger charge is 2.29. The topological polar surface area (TPSA) is 67.6 Å². The Morgan fingerprint density at radius 1 is 1.50 bits per heavy atom. The normalized spacial score (nSPS) is 23.9. The number of nitrogens with one attached hydrogen (secondary N) is 1. The molecule has 3 N–H and O–H groups in total. The van der Waals surface area contributed by atoms with Crippen molar-refractivity contribution in [1.82, 2.24) is 10.2 Å². The number of nitrogens with zero attached hydrogens (tertiary/aromatic N) is 1. The summed E-state index contributed by atoms with van der Waals surface area (Å²) < 4.78 is 5.55. The van der Waals surface area contributed by atoms with Crippen LogP contribution < -0.4 is 11.1 Å². The molecular formula is C13H27N3O2. The molecule has 0 radical (unpaired) electrons. The van der Waals surface area contributed by atoms with E-state index in [-0.39, 0.29) is 18.1 Å². The summed E-state index contributed by atoms with van der Waals surface area (Å²) in [6.45, 7) is 9.52. The van der Waals surface area contributed by atoms with E-state index in [0.29, 0.717) is 19.1 Å². The van der Waals surface area contributed by atoms with Gasteiger partial charge in [-0.1, -0.05) is 6.92 Å². The summed E-state index contributed by atoms with van der Waals surface area (Å²) in [5, 5.41) is 2.94. The monoisotopic (exact) mass is 257 g/mol. The van der Waals surface area contributed by atoms with Crippen LogP contribution in [0.1, 0.15) is 33.6 Å². The average Bonchev–Trinajstić information content (AvgIpc) is 2.82. The average molecular weight is 257 g/mol. The van der Waals surface area contributed by atoms with Crippen molar-refractivity contribution in [2.75, 3.05) is 26.2 Å². The maximum absolute atomic E-state index is 11.9. The second-order valence-corrected chi connectivity index (χ2v) is 5.07. The van der Waals surface area contributed by atoms with Gasteiger partial charge in [-0.05, 0) is 33.2 Å². The van der Waals surface area contributed by atoms with E-state index in [2.05, 4.69) is 31.0 Å². The van der Waals surface area contributed by atoms with Gasteiger partial charge in [-0.2, -0.15) is 0 Å². The van der Waals surface area contributed by atoms with E-state index in [9.17, 15) is 4.79 Å². The molecule has 0 aliphatic carbocycles. The maximum atomic E-state index is 11.9. The van der Waals surface area contributed by atoms with Crippen molar-refractivity contribution in [3.05, 3.63) is 0 Å². The van der Waals surface area contributed by atoms with Crippen molar-refractivity contribution in [3.8, 4) is 0 Å². The van der Waals surface area contributed by atoms with Gasteiger partial charge in [0, 0.05) is 25.7 Å². The summed E-state index contributed by atoms with van der Waals surface area (Å²) in [7, 11) is 0. The van der Waals surface area contributed by atoms with Crippen LogP contribution in [0.4, 0.5) is 0 Å². The Morgan fingerprint density at radius 3 is 2.72 bits per heavy atom. The second-order valence-electron chi connectivity index (χ2n) is 5.07. The quantitative estimate of drug-likeness (QED) is 0.690. The van der Waals surface area contributed by atoms with Crippen LogP contribution in [0, 0.1) is 0 Å². The Labute approximate surface area is 110 Å². The molecule has 2 atom stereocenters. The summed E-state index contributed by atoms with van der Waals surface area (Å²) >= 11 is 0. The number of carbonyl (C=O) groups excluding carboxylic acids is 1. The molecule has 5 heteroatoms. The maximum Gasteiger partial charge on any atom is 0.249 e. The Hall–Kier alpha value is -0.650. The lowest BCUT2D eigenvalue weighted by Crippen LogP contribution is -2.42. The Kier molecular flexibility index (Phi) is 6.60. The second kappa shape index (κ2) is 7.71. The molecule has 1 aliphatic rings. The predicted molar refractivity (Wildman–Crippen MR) is 72.3 cm³/mol. The van der Waals surface area contributed by atoms with E-state index in [1.807, 2.05) is 0 Å². The van der Waals surface area contributed by atoms with Gasteiger partial charge in [-0.25, -0.2) is 0 Å². The lowest BCUT2D eigenvalue weighted by molar-refractivity contribution is -0.131. The first-order valence-electron chi connectivity index (χ1n) is 6.95. The van der Waals surface area contributed by atoms with Gasteiger partial charge in [0.2, 0.25) is 5.91 Å². The lowest BCUT2D eigenvalue weighted by Gasteiger charge is -2.25. The fraction of sp³-hybridized carbons (Fsp3) is 0.923. The van der Waals surface area contributed by atoms with Crippen molar-refractivity contribution in [2.45, 2.75) is 51.9 Å². The van der Waals surface area contributed by atoms with Gasteiger partial charge in [-0.15, -0.1) is 0 Å². The molecule has 0 aromatic rings. The standard InChI is InChI=1S/C13H27N3O2/c1-4-16(10(2)3)8-7-15-13(17)12-6-5-11(9-14)18-12/h10-12H,4-9,14H2,1-3H3,(H,15,17)/t11-,12+/m1/s1. The Balaban J connectivity index is 2.21. The molecule has 1 heterocycles. The Bertz CT molecular complexity index is 259. The van der Waals surface area contributed by atoms with Crippen LogP contribution in [-0.4, -0.2) is 55.2 Å². The number of nitrogens with two attached hydrogens (primary N) is 1. The zero-order valence-corrected chi connectivity index (χ0v) is 11.8. The SMILES string of the molecule is CCN(CCNC(=O)[C@@H]1CC[C@H](CN)O1)C(C)C. The van der Waals surface area contributed by atoms with Crippen LogP contribution in [-0.2, 0) is 9.53 Å². The van der Waals surface area contributed by atoms with Crippen LogP contribution in [0.5, 0.6) is 0 Å². The molecule has 0 unspecified atom stereocenters. The molecule has 0 aromatic carbocycles. The fourth-order valence-corrected chi connectivity index (χ4v) is 2.29. The summed E-state index contributed by atoms with van der Waals surface area (Å²) in [6.07, 6.45) is 1.44. The highest BCUT2D eigenvalue weighted by atomic mass is 16.5. The number of hydrogen-bond acceptors (Lipinski definition) is 4. The smallest absolute Gasteiger partial charge is 0.249 e. The number of hydrogen-bond donors (Lipinski definition) is 2. The first-order chi connectivity index (χ1) is 8.58. The fourth-order valence-electron chi connectivity index (χ4n) is 2.29. The lowest BCUT2D eigenvalue weighted by atomic mass is 10.2. The largest absolute Gasteiger partial charge is 0.364 e. The summed E-state index contributed by atoms with van der Waals surface area (Å²) in [5.74, 6) is 0.00533. The van der Waals surface area contributed by atoms with E-state index < -0.39 is 0 Å². The van der Waals surface area contributed by atoms with Gasteiger partial charge in [0.15, 0.2) is 0 Å². The molecule has 1 aliphatic heterocycles. The van der Waals surface area contributed by atoms with Crippen LogP contribution in [0.15, 0.2) is 0 Å². The number of likely N-dealkylation sites (N-methyl/N-ethyl adjacent to an activating group) is 1. The molecule has 5 nitrogen and oxygen atoms in total. The number of ether oxygens (including phenoxy) is 1. The van der Waals surface area contributed by atoms with Gasteiger partial charge in [0.25, 0.3) is 0 Å². The number of amides is 1. The van der Waals surface area contributed by atoms with Crippen molar-refractivity contribution >= 4 is 5.91 Å². The first kappa shape index (κ1) is 15.4. The zero-order chi connectivity index (χ0) is 13.5. The minimum atomic E-state index is -0.298. The van der Waals surface area contributed by atoms with Crippen molar-refractivity contribution in [3.63, 3.8) is 0 Å². The van der Waals surface area contributed by atoms with E-state index in [1.165, 1.54) is 0 Å². The first-order valence-corrected chi connectivity index (χ1v) is 6.95. The third-order valence-corrected chi connectivity index (χ3v) is 3.50. The molecule has 1 rings (SSSR count). The van der Waals surface area contributed by atoms with Crippen molar-refractivity contribution in [2.24, 2.45) is 5.73 Å². The number of carbonyl (C=O) groups is 1. The molecule has 1 saturated heterocycles. The number of rotatable bonds is 7. The van der Waals surface area contributed by atoms with E-state index in [1.54, 1.807) is 0 Å². The van der Waals surface area contributed by atoms with Crippen LogP contribution in [0.2, 0.25) is 0 Å². The summed E-state index contributed by atoms with van der Waals surface area (Å²) in [5.41, 5.74) is 5.52. The molecule has 18 heavy (non-hydrogen) atoms. The highest BCUT2D eigenvalue weighted by Crippen LogP contribution is 2.18. The molecular weight excluding hydrogens is 230 g/mol. The van der Waals surface area contributed by atoms with Gasteiger partial charge in [-0.3, -0.25) is 9.69 Å². The molecule has 0 aromatic heterocycles. The van der Waals surface area contributed by atoms with Gasteiger partial charge in [0.05, 0.1) is 6.10 Å².